The number of hydrogen-bond acceptors (Lipinski definition) is 4. The van der Waals surface area contributed by atoms with Crippen LogP contribution >= 0.6 is 0 Å². The van der Waals surface area contributed by atoms with E-state index in [9.17, 15) is 14.7 Å². The summed E-state index contributed by atoms with van der Waals surface area (Å²) in [5, 5.41) is 13.0. The van der Waals surface area contributed by atoms with Crippen LogP contribution in [0.5, 0.6) is 5.75 Å². The fourth-order valence-electron chi connectivity index (χ4n) is 3.23. The topological polar surface area (TPSA) is 78.9 Å². The van der Waals surface area contributed by atoms with Gasteiger partial charge in [-0.3, -0.25) is 9.59 Å². The van der Waals surface area contributed by atoms with Gasteiger partial charge in [0, 0.05) is 12.1 Å². The van der Waals surface area contributed by atoms with E-state index in [-0.39, 0.29) is 11.8 Å². The molecule has 0 radical (unpaired) electrons. The van der Waals surface area contributed by atoms with E-state index in [0.29, 0.717) is 29.8 Å². The molecule has 27 heavy (non-hydrogen) atoms. The van der Waals surface area contributed by atoms with Crippen molar-refractivity contribution in [2.75, 3.05) is 13.7 Å². The minimum absolute atomic E-state index is 0.296. The lowest BCUT2D eigenvalue weighted by molar-refractivity contribution is -0.146. The molecule has 6 heteroatoms. The lowest BCUT2D eigenvalue weighted by atomic mass is 10.0. The van der Waals surface area contributed by atoms with Crippen LogP contribution in [0.15, 0.2) is 54.6 Å². The number of aliphatic hydroxyl groups is 1. The van der Waals surface area contributed by atoms with Crippen LogP contribution in [-0.4, -0.2) is 41.7 Å². The normalized spacial score (nSPS) is 17.9. The number of rotatable bonds is 5. The van der Waals surface area contributed by atoms with Gasteiger partial charge in [-0.05, 0) is 49.1 Å². The van der Waals surface area contributed by atoms with Crippen LogP contribution in [0.2, 0.25) is 0 Å². The Balaban J connectivity index is 1.83. The molecule has 0 aromatic heterocycles. The Bertz CT molecular complexity index is 777. The molecule has 2 aromatic rings. The number of benzene rings is 2. The van der Waals surface area contributed by atoms with Gasteiger partial charge in [-0.1, -0.05) is 30.3 Å². The van der Waals surface area contributed by atoms with E-state index in [2.05, 4.69) is 5.32 Å². The SMILES string of the molecule is COc1ccc(C(=O)N[C@@H](C(=O)N2CCCCC2O)c2ccccc2)cc1. The molecule has 0 spiro atoms. The van der Waals surface area contributed by atoms with Crippen LogP contribution in [0.3, 0.4) is 0 Å². The number of ether oxygens (including phenoxy) is 1. The van der Waals surface area contributed by atoms with Gasteiger partial charge in [-0.2, -0.15) is 0 Å². The summed E-state index contributed by atoms with van der Waals surface area (Å²) in [6, 6.07) is 14.9. The number of carbonyl (C=O) groups excluding carboxylic acids is 2. The molecule has 6 nitrogen and oxygen atoms in total. The summed E-state index contributed by atoms with van der Waals surface area (Å²) in [4.78, 5) is 27.3. The quantitative estimate of drug-likeness (QED) is 0.850. The summed E-state index contributed by atoms with van der Waals surface area (Å²) in [5.41, 5.74) is 1.12. The number of hydrogen-bond donors (Lipinski definition) is 2. The molecule has 1 heterocycles. The number of likely N-dealkylation sites (tertiary alicyclic amines) is 1. The lowest BCUT2D eigenvalue weighted by Crippen LogP contribution is -2.49. The number of piperidine rings is 1. The van der Waals surface area contributed by atoms with E-state index in [1.165, 1.54) is 4.90 Å². The molecule has 0 bridgehead atoms. The van der Waals surface area contributed by atoms with Crippen molar-refractivity contribution in [2.24, 2.45) is 0 Å². The average Bonchev–Trinajstić information content (AvgIpc) is 2.72. The smallest absolute Gasteiger partial charge is 0.252 e. The van der Waals surface area contributed by atoms with E-state index < -0.39 is 12.3 Å². The standard InChI is InChI=1S/C21H24N2O4/c1-27-17-12-10-16(11-13-17)20(25)22-19(15-7-3-2-4-8-15)21(26)23-14-6-5-9-18(23)24/h2-4,7-8,10-13,18-19,24H,5-6,9,14H2,1H3,(H,22,25)/t18?,19-/m1/s1. The molecule has 142 valence electrons. The van der Waals surface area contributed by atoms with Crippen LogP contribution in [-0.2, 0) is 4.79 Å². The lowest BCUT2D eigenvalue weighted by Gasteiger charge is -2.35. The minimum atomic E-state index is -0.853. The molecular weight excluding hydrogens is 344 g/mol. The van der Waals surface area contributed by atoms with Crippen molar-refractivity contribution in [1.82, 2.24) is 10.2 Å². The zero-order chi connectivity index (χ0) is 19.2. The number of nitrogens with zero attached hydrogens (tertiary/aromatic N) is 1. The molecule has 1 fully saturated rings. The maximum atomic E-state index is 13.1. The summed E-state index contributed by atoms with van der Waals surface area (Å²) in [7, 11) is 1.56. The third kappa shape index (κ3) is 4.46. The summed E-state index contributed by atoms with van der Waals surface area (Å²) in [6.07, 6.45) is 1.48. The van der Waals surface area contributed by atoms with E-state index in [1.807, 2.05) is 18.2 Å². The van der Waals surface area contributed by atoms with Crippen LogP contribution in [0.1, 0.15) is 41.2 Å². The molecule has 1 saturated heterocycles. The van der Waals surface area contributed by atoms with E-state index in [4.69, 9.17) is 4.74 Å². The van der Waals surface area contributed by atoms with E-state index >= 15 is 0 Å². The first-order valence-corrected chi connectivity index (χ1v) is 9.08. The molecule has 2 aromatic carbocycles. The second-order valence-corrected chi connectivity index (χ2v) is 6.55. The van der Waals surface area contributed by atoms with Gasteiger partial charge in [0.25, 0.3) is 11.8 Å². The molecule has 2 N–H and O–H groups in total. The Hall–Kier alpha value is -2.86. The molecule has 1 aliphatic rings. The molecule has 0 aliphatic carbocycles. The molecular formula is C21H24N2O4. The maximum Gasteiger partial charge on any atom is 0.252 e. The average molecular weight is 368 g/mol. The Morgan fingerprint density at radius 1 is 1.11 bits per heavy atom. The van der Waals surface area contributed by atoms with Crippen LogP contribution < -0.4 is 10.1 Å². The number of nitrogens with one attached hydrogen (secondary N) is 1. The van der Waals surface area contributed by atoms with Crippen LogP contribution in [0.4, 0.5) is 0 Å². The van der Waals surface area contributed by atoms with Gasteiger partial charge in [0.05, 0.1) is 7.11 Å². The van der Waals surface area contributed by atoms with Gasteiger partial charge in [0.1, 0.15) is 18.0 Å². The first-order chi connectivity index (χ1) is 13.1. The Morgan fingerprint density at radius 3 is 2.44 bits per heavy atom. The van der Waals surface area contributed by atoms with Crippen molar-refractivity contribution in [3.05, 3.63) is 65.7 Å². The largest absolute Gasteiger partial charge is 0.497 e. The second kappa shape index (κ2) is 8.68. The monoisotopic (exact) mass is 368 g/mol. The molecule has 0 saturated carbocycles. The highest BCUT2D eigenvalue weighted by Crippen LogP contribution is 2.22. The fourth-order valence-corrected chi connectivity index (χ4v) is 3.23. The summed E-state index contributed by atoms with van der Waals surface area (Å²) in [6.45, 7) is 0.488. The summed E-state index contributed by atoms with van der Waals surface area (Å²) in [5.74, 6) is 0.000270. The molecule has 1 aliphatic heterocycles. The predicted octanol–water partition coefficient (Wildman–Crippen LogP) is 2.50. The highest BCUT2D eigenvalue weighted by atomic mass is 16.5. The first kappa shape index (κ1) is 18.9. The zero-order valence-electron chi connectivity index (χ0n) is 15.3. The predicted molar refractivity (Wildman–Crippen MR) is 101 cm³/mol. The van der Waals surface area contributed by atoms with Gasteiger partial charge in [0.2, 0.25) is 0 Å². The molecule has 2 amide bonds. The van der Waals surface area contributed by atoms with Crippen molar-refractivity contribution in [3.63, 3.8) is 0 Å². The second-order valence-electron chi connectivity index (χ2n) is 6.55. The zero-order valence-corrected chi connectivity index (χ0v) is 15.3. The fraction of sp³-hybridized carbons (Fsp3) is 0.333. The van der Waals surface area contributed by atoms with E-state index in [1.54, 1.807) is 43.5 Å². The molecule has 2 atom stereocenters. The third-order valence-corrected chi connectivity index (χ3v) is 4.76. The first-order valence-electron chi connectivity index (χ1n) is 9.08. The van der Waals surface area contributed by atoms with E-state index in [0.717, 1.165) is 12.8 Å². The molecule has 3 rings (SSSR count). The summed E-state index contributed by atoms with van der Waals surface area (Å²) >= 11 is 0. The number of methoxy groups -OCH3 is 1. The van der Waals surface area contributed by atoms with Gasteiger partial charge in [0.15, 0.2) is 0 Å². The van der Waals surface area contributed by atoms with Gasteiger partial charge >= 0.3 is 0 Å². The van der Waals surface area contributed by atoms with Crippen molar-refractivity contribution in [1.29, 1.82) is 0 Å². The van der Waals surface area contributed by atoms with Crippen LogP contribution in [0.25, 0.3) is 0 Å². The molecule has 1 unspecified atom stereocenters. The van der Waals surface area contributed by atoms with Crippen molar-refractivity contribution in [2.45, 2.75) is 31.5 Å². The van der Waals surface area contributed by atoms with Crippen molar-refractivity contribution < 1.29 is 19.4 Å². The Kier molecular flexibility index (Phi) is 6.08. The Labute approximate surface area is 158 Å². The highest BCUT2D eigenvalue weighted by Gasteiger charge is 2.32. The number of amides is 2. The number of aliphatic hydroxyl groups excluding tert-OH is 1. The Morgan fingerprint density at radius 2 is 1.81 bits per heavy atom. The minimum Gasteiger partial charge on any atom is -0.497 e. The summed E-state index contributed by atoms with van der Waals surface area (Å²) < 4.78 is 5.11. The van der Waals surface area contributed by atoms with Crippen molar-refractivity contribution in [3.8, 4) is 5.75 Å². The van der Waals surface area contributed by atoms with Crippen molar-refractivity contribution >= 4 is 11.8 Å². The maximum absolute atomic E-state index is 13.1. The van der Waals surface area contributed by atoms with Gasteiger partial charge in [-0.15, -0.1) is 0 Å². The van der Waals surface area contributed by atoms with Gasteiger partial charge in [-0.25, -0.2) is 0 Å². The third-order valence-electron chi connectivity index (χ3n) is 4.76. The number of carbonyl (C=O) groups is 2. The van der Waals surface area contributed by atoms with Gasteiger partial charge < -0.3 is 20.1 Å². The van der Waals surface area contributed by atoms with Crippen LogP contribution in [0, 0.1) is 0 Å². The highest BCUT2D eigenvalue weighted by molar-refractivity contribution is 5.98.